The number of hydrogen-bond acceptors (Lipinski definition) is 5. The highest BCUT2D eigenvalue weighted by molar-refractivity contribution is 6.30. The van der Waals surface area contributed by atoms with E-state index in [0.717, 1.165) is 6.07 Å². The number of aromatic nitrogens is 2. The van der Waals surface area contributed by atoms with Gasteiger partial charge in [-0.15, -0.1) is 0 Å². The molecule has 0 unspecified atom stereocenters. The summed E-state index contributed by atoms with van der Waals surface area (Å²) in [5.41, 5.74) is 5.62. The van der Waals surface area contributed by atoms with Crippen LogP contribution in [0.5, 0.6) is 11.6 Å². The highest BCUT2D eigenvalue weighted by atomic mass is 35.5. The number of anilines is 1. The quantitative estimate of drug-likeness (QED) is 0.934. The normalized spacial score (nSPS) is 10.5. The molecule has 100 valence electrons. The third-order valence-electron chi connectivity index (χ3n) is 2.16. The van der Waals surface area contributed by atoms with Crippen molar-refractivity contribution < 1.29 is 13.9 Å². The van der Waals surface area contributed by atoms with E-state index in [0.29, 0.717) is 5.82 Å². The van der Waals surface area contributed by atoms with Crippen LogP contribution in [0, 0.1) is 5.82 Å². The van der Waals surface area contributed by atoms with Gasteiger partial charge in [-0.2, -0.15) is 4.98 Å². The number of rotatable bonds is 4. The fourth-order valence-corrected chi connectivity index (χ4v) is 1.52. The summed E-state index contributed by atoms with van der Waals surface area (Å²) in [6, 6.07) is 5.52. The Morgan fingerprint density at radius 2 is 2.11 bits per heavy atom. The first-order valence-electron chi connectivity index (χ1n) is 5.34. The molecule has 7 heteroatoms. The van der Waals surface area contributed by atoms with E-state index in [-0.39, 0.29) is 29.1 Å². The van der Waals surface area contributed by atoms with E-state index < -0.39 is 5.82 Å². The van der Waals surface area contributed by atoms with Crippen LogP contribution in [0.2, 0.25) is 5.02 Å². The zero-order valence-electron chi connectivity index (χ0n) is 10.1. The van der Waals surface area contributed by atoms with Crippen molar-refractivity contribution >= 4 is 17.4 Å². The second-order valence-electron chi connectivity index (χ2n) is 3.66. The van der Waals surface area contributed by atoms with E-state index in [2.05, 4.69) is 9.97 Å². The Labute approximate surface area is 114 Å². The molecule has 0 atom stereocenters. The maximum atomic E-state index is 13.3. The molecule has 2 rings (SSSR count). The van der Waals surface area contributed by atoms with Gasteiger partial charge in [-0.3, -0.25) is 0 Å². The fourth-order valence-electron chi connectivity index (χ4n) is 1.40. The third kappa shape index (κ3) is 3.52. The van der Waals surface area contributed by atoms with Crippen LogP contribution in [0.15, 0.2) is 24.3 Å². The zero-order chi connectivity index (χ0) is 13.8. The Bertz CT molecular complexity index is 595. The number of nitrogens with two attached hydrogens (primary N) is 1. The Balaban J connectivity index is 2.24. The molecule has 1 aromatic heterocycles. The molecule has 0 spiro atoms. The van der Waals surface area contributed by atoms with E-state index >= 15 is 0 Å². The van der Waals surface area contributed by atoms with Gasteiger partial charge in [0, 0.05) is 19.2 Å². The molecule has 2 aromatic rings. The molecule has 1 aromatic carbocycles. The number of halogens is 2. The molecular formula is C12H11ClFN3O2. The summed E-state index contributed by atoms with van der Waals surface area (Å²) in [4.78, 5) is 8.04. The van der Waals surface area contributed by atoms with Gasteiger partial charge in [0.2, 0.25) is 5.88 Å². The van der Waals surface area contributed by atoms with Gasteiger partial charge in [-0.25, -0.2) is 9.37 Å². The predicted octanol–water partition coefficient (Wildman–Crippen LogP) is 2.79. The average Bonchev–Trinajstić information content (AvgIpc) is 2.33. The highest BCUT2D eigenvalue weighted by Crippen LogP contribution is 2.25. The summed E-state index contributed by atoms with van der Waals surface area (Å²) >= 11 is 5.58. The Morgan fingerprint density at radius 3 is 2.79 bits per heavy atom. The number of nitrogens with zero attached hydrogens (tertiary/aromatic N) is 2. The minimum atomic E-state index is -0.571. The number of nitrogen functional groups attached to an aromatic ring is 1. The summed E-state index contributed by atoms with van der Waals surface area (Å²) < 4.78 is 23.6. The molecule has 5 nitrogen and oxygen atoms in total. The van der Waals surface area contributed by atoms with Gasteiger partial charge in [-0.1, -0.05) is 11.6 Å². The first kappa shape index (κ1) is 13.5. The number of benzene rings is 1. The van der Waals surface area contributed by atoms with Crippen molar-refractivity contribution in [2.45, 2.75) is 6.61 Å². The van der Waals surface area contributed by atoms with Crippen molar-refractivity contribution in [3.8, 4) is 11.6 Å². The molecule has 0 radical (unpaired) electrons. The molecule has 0 aliphatic rings. The van der Waals surface area contributed by atoms with E-state index in [4.69, 9.17) is 26.8 Å². The van der Waals surface area contributed by atoms with E-state index in [1.807, 2.05) is 0 Å². The van der Waals surface area contributed by atoms with Crippen LogP contribution < -0.4 is 10.5 Å². The van der Waals surface area contributed by atoms with E-state index in [1.54, 1.807) is 0 Å². The Kier molecular flexibility index (Phi) is 4.13. The van der Waals surface area contributed by atoms with Crippen LogP contribution in [0.3, 0.4) is 0 Å². The Morgan fingerprint density at radius 1 is 1.32 bits per heavy atom. The lowest BCUT2D eigenvalue weighted by Gasteiger charge is -2.07. The second-order valence-corrected chi connectivity index (χ2v) is 4.07. The second kappa shape index (κ2) is 5.81. The van der Waals surface area contributed by atoms with Crippen LogP contribution >= 0.6 is 11.6 Å². The van der Waals surface area contributed by atoms with Crippen LogP contribution in [0.1, 0.15) is 5.82 Å². The summed E-state index contributed by atoms with van der Waals surface area (Å²) in [5, 5.41) is 0.0228. The highest BCUT2D eigenvalue weighted by Gasteiger charge is 2.07. The molecule has 19 heavy (non-hydrogen) atoms. The summed E-state index contributed by atoms with van der Waals surface area (Å²) in [7, 11) is 1.52. The van der Waals surface area contributed by atoms with Gasteiger partial charge in [0.05, 0.1) is 5.02 Å². The monoisotopic (exact) mass is 283 g/mol. The lowest BCUT2D eigenvalue weighted by atomic mass is 10.3. The molecule has 0 amide bonds. The van der Waals surface area contributed by atoms with Crippen LogP contribution in [0.25, 0.3) is 0 Å². The van der Waals surface area contributed by atoms with Crippen molar-refractivity contribution in [1.29, 1.82) is 0 Å². The van der Waals surface area contributed by atoms with E-state index in [9.17, 15) is 4.39 Å². The Hall–Kier alpha value is -1.92. The first-order valence-corrected chi connectivity index (χ1v) is 5.71. The van der Waals surface area contributed by atoms with Crippen LogP contribution in [-0.2, 0) is 11.3 Å². The lowest BCUT2D eigenvalue weighted by Crippen LogP contribution is -2.02. The number of hydrogen-bond donors (Lipinski definition) is 1. The van der Waals surface area contributed by atoms with Crippen molar-refractivity contribution in [3.05, 3.63) is 40.9 Å². The molecule has 0 aliphatic carbocycles. The fraction of sp³-hybridized carbons (Fsp3) is 0.167. The van der Waals surface area contributed by atoms with E-state index in [1.165, 1.54) is 25.3 Å². The van der Waals surface area contributed by atoms with Gasteiger partial charge in [-0.05, 0) is 12.1 Å². The first-order chi connectivity index (χ1) is 9.08. The minimum absolute atomic E-state index is 0.0228. The van der Waals surface area contributed by atoms with Gasteiger partial charge in [0.15, 0.2) is 5.82 Å². The number of ether oxygens (including phenoxy) is 2. The van der Waals surface area contributed by atoms with Gasteiger partial charge < -0.3 is 15.2 Å². The maximum absolute atomic E-state index is 13.3. The zero-order valence-corrected chi connectivity index (χ0v) is 10.8. The topological polar surface area (TPSA) is 70.3 Å². The summed E-state index contributed by atoms with van der Waals surface area (Å²) in [5.74, 6) is 0.529. The minimum Gasteiger partial charge on any atom is -0.439 e. The molecule has 0 fully saturated rings. The average molecular weight is 284 g/mol. The molecule has 0 saturated heterocycles. The predicted molar refractivity (Wildman–Crippen MR) is 68.6 cm³/mol. The summed E-state index contributed by atoms with van der Waals surface area (Å²) in [6.07, 6.45) is 0. The molecule has 0 bridgehead atoms. The summed E-state index contributed by atoms with van der Waals surface area (Å²) in [6.45, 7) is 0.205. The van der Waals surface area contributed by atoms with Crippen LogP contribution in [-0.4, -0.2) is 17.1 Å². The molecule has 1 heterocycles. The maximum Gasteiger partial charge on any atom is 0.224 e. The van der Waals surface area contributed by atoms with Gasteiger partial charge in [0.1, 0.15) is 24.0 Å². The molecule has 2 N–H and O–H groups in total. The molecule has 0 aliphatic heterocycles. The van der Waals surface area contributed by atoms with Crippen molar-refractivity contribution in [1.82, 2.24) is 9.97 Å². The number of methoxy groups -OCH3 is 1. The third-order valence-corrected chi connectivity index (χ3v) is 2.46. The molecule has 0 saturated carbocycles. The van der Waals surface area contributed by atoms with Crippen LogP contribution in [0.4, 0.5) is 10.2 Å². The molecular weight excluding hydrogens is 273 g/mol. The van der Waals surface area contributed by atoms with Gasteiger partial charge in [0.25, 0.3) is 0 Å². The lowest BCUT2D eigenvalue weighted by molar-refractivity contribution is 0.177. The standard InChI is InChI=1S/C12H11ClFN3O2/c1-18-6-11-16-10(15)5-12(17-11)19-7-2-3-8(13)9(14)4-7/h2-5H,6H2,1H3,(H2,15,16,17). The largest absolute Gasteiger partial charge is 0.439 e. The van der Waals surface area contributed by atoms with Crippen molar-refractivity contribution in [3.63, 3.8) is 0 Å². The van der Waals surface area contributed by atoms with Crippen molar-refractivity contribution in [2.24, 2.45) is 0 Å². The van der Waals surface area contributed by atoms with Crippen molar-refractivity contribution in [2.75, 3.05) is 12.8 Å². The SMILES string of the molecule is COCc1nc(N)cc(Oc2ccc(Cl)c(F)c2)n1. The smallest absolute Gasteiger partial charge is 0.224 e. The van der Waals surface area contributed by atoms with Gasteiger partial charge >= 0.3 is 0 Å².